The summed E-state index contributed by atoms with van der Waals surface area (Å²) < 4.78 is 11.0. The molecule has 3 aromatic rings. The number of thiazole rings is 1. The number of rotatable bonds is 5. The van der Waals surface area contributed by atoms with Crippen LogP contribution in [-0.4, -0.2) is 30.0 Å². The summed E-state index contributed by atoms with van der Waals surface area (Å²) in [5, 5.41) is 13.9. The molecule has 0 radical (unpaired) electrons. The van der Waals surface area contributed by atoms with Gasteiger partial charge in [-0.25, -0.2) is 4.98 Å². The summed E-state index contributed by atoms with van der Waals surface area (Å²) in [4.78, 5) is 27.0. The fourth-order valence-electron chi connectivity index (χ4n) is 2.19. The van der Waals surface area contributed by atoms with Gasteiger partial charge in [0, 0.05) is 23.8 Å². The number of methoxy groups -OCH3 is 2. The first-order valence-electron chi connectivity index (χ1n) is 7.09. The Labute approximate surface area is 146 Å². The quantitative estimate of drug-likeness (QED) is 0.552. The Balaban J connectivity index is 1.88. The number of nitro groups is 1. The maximum Gasteiger partial charge on any atom is 0.271 e. The Morgan fingerprint density at radius 3 is 2.44 bits per heavy atom. The molecule has 128 valence electrons. The second kappa shape index (κ2) is 6.73. The molecule has 0 aliphatic carbocycles. The summed E-state index contributed by atoms with van der Waals surface area (Å²) >= 11 is 1.23. The summed E-state index contributed by atoms with van der Waals surface area (Å²) in [5.41, 5.74) is 0.757. The lowest BCUT2D eigenvalue weighted by molar-refractivity contribution is -0.384. The molecule has 1 amide bonds. The van der Waals surface area contributed by atoms with Gasteiger partial charge in [0.15, 0.2) is 5.13 Å². The van der Waals surface area contributed by atoms with Crippen LogP contribution in [0.15, 0.2) is 36.4 Å². The van der Waals surface area contributed by atoms with Gasteiger partial charge in [0.25, 0.3) is 11.6 Å². The number of hydrogen-bond donors (Lipinski definition) is 1. The van der Waals surface area contributed by atoms with Crippen LogP contribution < -0.4 is 14.8 Å². The Bertz CT molecular complexity index is 947. The van der Waals surface area contributed by atoms with Gasteiger partial charge < -0.3 is 9.47 Å². The van der Waals surface area contributed by atoms with Crippen LogP contribution in [0.1, 0.15) is 10.4 Å². The molecule has 1 N–H and O–H groups in total. The lowest BCUT2D eigenvalue weighted by atomic mass is 10.2. The average molecular weight is 359 g/mol. The molecular weight excluding hydrogens is 346 g/mol. The number of amides is 1. The number of non-ortho nitro benzene ring substituents is 1. The van der Waals surface area contributed by atoms with Crippen molar-refractivity contribution in [3.05, 3.63) is 52.1 Å². The molecule has 0 spiro atoms. The second-order valence-corrected chi connectivity index (χ2v) is 6.01. The fourth-order valence-corrected chi connectivity index (χ4v) is 3.03. The van der Waals surface area contributed by atoms with Crippen LogP contribution in [0.2, 0.25) is 0 Å². The Kier molecular flexibility index (Phi) is 4.48. The second-order valence-electron chi connectivity index (χ2n) is 4.98. The standard InChI is InChI=1S/C16H13N3O5S/c1-23-11-5-9(6-12(8-11)24-2)15(20)18-16-17-13-7-10(19(21)22)3-4-14(13)25-16/h3-8H,1-2H3,(H,17,18,20). The molecule has 0 atom stereocenters. The third kappa shape index (κ3) is 3.50. The van der Waals surface area contributed by atoms with Crippen LogP contribution >= 0.6 is 11.3 Å². The third-order valence-corrected chi connectivity index (χ3v) is 4.37. The highest BCUT2D eigenvalue weighted by Crippen LogP contribution is 2.29. The van der Waals surface area contributed by atoms with E-state index in [-0.39, 0.29) is 11.6 Å². The van der Waals surface area contributed by atoms with Crippen LogP contribution in [0.5, 0.6) is 11.5 Å². The first-order valence-corrected chi connectivity index (χ1v) is 7.91. The zero-order chi connectivity index (χ0) is 18.0. The average Bonchev–Trinajstić information content (AvgIpc) is 3.02. The molecule has 0 saturated carbocycles. The van der Waals surface area contributed by atoms with E-state index in [9.17, 15) is 14.9 Å². The summed E-state index contributed by atoms with van der Waals surface area (Å²) in [6.07, 6.45) is 0. The van der Waals surface area contributed by atoms with Crippen LogP contribution in [0.25, 0.3) is 10.2 Å². The lowest BCUT2D eigenvalue weighted by Crippen LogP contribution is -2.12. The smallest absolute Gasteiger partial charge is 0.271 e. The maximum absolute atomic E-state index is 12.4. The van der Waals surface area contributed by atoms with Crippen molar-refractivity contribution in [3.63, 3.8) is 0 Å². The van der Waals surface area contributed by atoms with Crippen molar-refractivity contribution in [2.45, 2.75) is 0 Å². The van der Waals surface area contributed by atoms with Crippen molar-refractivity contribution < 1.29 is 19.2 Å². The van der Waals surface area contributed by atoms with Crippen molar-refractivity contribution in [3.8, 4) is 11.5 Å². The van der Waals surface area contributed by atoms with Gasteiger partial charge in [-0.3, -0.25) is 20.2 Å². The van der Waals surface area contributed by atoms with Gasteiger partial charge in [-0.15, -0.1) is 0 Å². The molecule has 2 aromatic carbocycles. The van der Waals surface area contributed by atoms with Crippen molar-refractivity contribution in [1.29, 1.82) is 0 Å². The summed E-state index contributed by atoms with van der Waals surface area (Å²) in [5.74, 6) is 0.597. The molecule has 8 nitrogen and oxygen atoms in total. The predicted molar refractivity (Wildman–Crippen MR) is 93.8 cm³/mol. The highest BCUT2D eigenvalue weighted by Gasteiger charge is 2.14. The highest BCUT2D eigenvalue weighted by atomic mass is 32.1. The molecule has 25 heavy (non-hydrogen) atoms. The van der Waals surface area contributed by atoms with Gasteiger partial charge in [-0.05, 0) is 18.2 Å². The number of benzene rings is 2. The van der Waals surface area contributed by atoms with Crippen molar-refractivity contribution in [2.75, 3.05) is 19.5 Å². The lowest BCUT2D eigenvalue weighted by Gasteiger charge is -2.07. The van der Waals surface area contributed by atoms with E-state index in [4.69, 9.17) is 9.47 Å². The Morgan fingerprint density at radius 2 is 1.84 bits per heavy atom. The zero-order valence-electron chi connectivity index (χ0n) is 13.3. The van der Waals surface area contributed by atoms with Gasteiger partial charge in [0.2, 0.25) is 0 Å². The molecule has 9 heteroatoms. The molecule has 0 bridgehead atoms. The van der Waals surface area contributed by atoms with Crippen LogP contribution in [0, 0.1) is 10.1 Å². The minimum atomic E-state index is -0.487. The van der Waals surface area contributed by atoms with Crippen LogP contribution in [0.4, 0.5) is 10.8 Å². The minimum absolute atomic E-state index is 0.0480. The number of carbonyl (C=O) groups excluding carboxylic acids is 1. The number of nitrogens with zero attached hydrogens (tertiary/aromatic N) is 2. The number of carbonyl (C=O) groups is 1. The number of nitrogens with one attached hydrogen (secondary N) is 1. The predicted octanol–water partition coefficient (Wildman–Crippen LogP) is 3.47. The van der Waals surface area contributed by atoms with Crippen molar-refractivity contribution >= 4 is 38.3 Å². The third-order valence-electron chi connectivity index (χ3n) is 3.42. The maximum atomic E-state index is 12.4. The van der Waals surface area contributed by atoms with Gasteiger partial charge in [0.05, 0.1) is 29.4 Å². The van der Waals surface area contributed by atoms with E-state index in [0.29, 0.717) is 27.7 Å². The van der Waals surface area contributed by atoms with E-state index in [2.05, 4.69) is 10.3 Å². The first-order chi connectivity index (χ1) is 12.0. The van der Waals surface area contributed by atoms with E-state index >= 15 is 0 Å². The summed E-state index contributed by atoms with van der Waals surface area (Å²) in [7, 11) is 2.99. The summed E-state index contributed by atoms with van der Waals surface area (Å²) in [6.45, 7) is 0. The number of fused-ring (bicyclic) bond motifs is 1. The molecule has 0 aliphatic heterocycles. The number of anilines is 1. The Morgan fingerprint density at radius 1 is 1.16 bits per heavy atom. The molecular formula is C16H13N3O5S. The normalized spacial score (nSPS) is 10.5. The Hall–Kier alpha value is -3.20. The van der Waals surface area contributed by atoms with Crippen molar-refractivity contribution in [2.24, 2.45) is 0 Å². The summed E-state index contributed by atoms with van der Waals surface area (Å²) in [6, 6.07) is 9.20. The van der Waals surface area contributed by atoms with E-state index in [0.717, 1.165) is 4.70 Å². The first kappa shape index (κ1) is 16.7. The van der Waals surface area contributed by atoms with E-state index < -0.39 is 4.92 Å². The van der Waals surface area contributed by atoms with E-state index in [1.165, 1.54) is 37.7 Å². The number of hydrogen-bond acceptors (Lipinski definition) is 7. The van der Waals surface area contributed by atoms with Gasteiger partial charge in [-0.1, -0.05) is 11.3 Å². The number of nitro benzene ring substituents is 1. The molecule has 1 heterocycles. The van der Waals surface area contributed by atoms with Gasteiger partial charge >= 0.3 is 0 Å². The molecule has 3 rings (SSSR count). The number of aromatic nitrogens is 1. The SMILES string of the molecule is COc1cc(OC)cc(C(=O)Nc2nc3cc([N+](=O)[O-])ccc3s2)c1. The largest absolute Gasteiger partial charge is 0.497 e. The molecule has 0 unspecified atom stereocenters. The molecule has 0 aliphatic rings. The molecule has 1 aromatic heterocycles. The zero-order valence-corrected chi connectivity index (χ0v) is 14.1. The fraction of sp³-hybridized carbons (Fsp3) is 0.125. The van der Waals surface area contributed by atoms with Gasteiger partial charge in [-0.2, -0.15) is 0 Å². The highest BCUT2D eigenvalue weighted by molar-refractivity contribution is 7.22. The topological polar surface area (TPSA) is 104 Å². The monoisotopic (exact) mass is 359 g/mol. The van der Waals surface area contributed by atoms with E-state index in [1.54, 1.807) is 24.3 Å². The van der Waals surface area contributed by atoms with Crippen molar-refractivity contribution in [1.82, 2.24) is 4.98 Å². The molecule has 0 fully saturated rings. The number of ether oxygens (including phenoxy) is 2. The van der Waals surface area contributed by atoms with E-state index in [1.807, 2.05) is 0 Å². The molecule has 0 saturated heterocycles. The van der Waals surface area contributed by atoms with Crippen LogP contribution in [-0.2, 0) is 0 Å². The van der Waals surface area contributed by atoms with Gasteiger partial charge in [0.1, 0.15) is 11.5 Å². The van der Waals surface area contributed by atoms with Crippen LogP contribution in [0.3, 0.4) is 0 Å². The minimum Gasteiger partial charge on any atom is -0.497 e.